The van der Waals surface area contributed by atoms with Crippen LogP contribution in [0.2, 0.25) is 0 Å². The Balaban J connectivity index is 1.32. The van der Waals surface area contributed by atoms with Gasteiger partial charge in [-0.25, -0.2) is 0 Å². The van der Waals surface area contributed by atoms with E-state index < -0.39 is 0 Å². The Morgan fingerprint density at radius 1 is 1.32 bits per heavy atom. The summed E-state index contributed by atoms with van der Waals surface area (Å²) >= 11 is 0. The second-order valence-corrected chi connectivity index (χ2v) is 7.72. The lowest BCUT2D eigenvalue weighted by molar-refractivity contribution is -0.128. The molecule has 1 aromatic rings. The first kappa shape index (κ1) is 18.8. The van der Waals surface area contributed by atoms with Gasteiger partial charge in [-0.05, 0) is 54.9 Å². The molecule has 28 heavy (non-hydrogen) atoms. The summed E-state index contributed by atoms with van der Waals surface area (Å²) in [5.74, 6) is 2.06. The highest BCUT2D eigenvalue weighted by Crippen LogP contribution is 2.36. The first-order chi connectivity index (χ1) is 13.6. The Bertz CT molecular complexity index is 778. The molecule has 4 atom stereocenters. The molecule has 7 heteroatoms. The average Bonchev–Trinajstić information content (AvgIpc) is 3.14. The molecule has 2 N–H and O–H groups in total. The molecule has 0 spiro atoms. The van der Waals surface area contributed by atoms with Crippen molar-refractivity contribution in [3.63, 3.8) is 0 Å². The second kappa shape index (κ2) is 8.22. The van der Waals surface area contributed by atoms with E-state index in [2.05, 4.69) is 10.6 Å². The highest BCUT2D eigenvalue weighted by Gasteiger charge is 2.40. The predicted molar refractivity (Wildman–Crippen MR) is 103 cm³/mol. The Morgan fingerprint density at radius 3 is 3.04 bits per heavy atom. The standard InChI is InChI=1S/C21H26N2O5/c1-26-11-14-9-21(25)23-17-10-15(4-5-16(14)17)22-20(24)7-3-13-2-6-18-19(8-13)28-12-27-18/h2-3,6-8,14-17H,4-5,9-12H2,1H3,(H,22,24)(H,23,25)/b7-3-. The SMILES string of the molecule is COCC1CC(=O)NC2CC(NC(=O)/C=C\c3ccc4c(c3)OCO4)CCC12. The molecular weight excluding hydrogens is 360 g/mol. The Morgan fingerprint density at radius 2 is 2.18 bits per heavy atom. The van der Waals surface area contributed by atoms with Crippen molar-refractivity contribution in [3.8, 4) is 11.5 Å². The van der Waals surface area contributed by atoms with Crippen molar-refractivity contribution >= 4 is 17.9 Å². The summed E-state index contributed by atoms with van der Waals surface area (Å²) in [6, 6.07) is 5.75. The van der Waals surface area contributed by atoms with Crippen molar-refractivity contribution < 1.29 is 23.8 Å². The maximum atomic E-state index is 12.3. The number of hydrogen-bond acceptors (Lipinski definition) is 5. The number of ether oxygens (including phenoxy) is 3. The highest BCUT2D eigenvalue weighted by atomic mass is 16.7. The Labute approximate surface area is 164 Å². The van der Waals surface area contributed by atoms with E-state index in [0.29, 0.717) is 24.7 Å². The first-order valence-electron chi connectivity index (χ1n) is 9.79. The van der Waals surface area contributed by atoms with E-state index in [1.807, 2.05) is 18.2 Å². The number of amides is 2. The predicted octanol–water partition coefficient (Wildman–Crippen LogP) is 1.86. The summed E-state index contributed by atoms with van der Waals surface area (Å²) < 4.78 is 15.9. The van der Waals surface area contributed by atoms with Gasteiger partial charge in [-0.1, -0.05) is 6.07 Å². The fraction of sp³-hybridized carbons (Fsp3) is 0.524. The third-order valence-electron chi connectivity index (χ3n) is 5.85. The van der Waals surface area contributed by atoms with E-state index in [9.17, 15) is 9.59 Å². The largest absolute Gasteiger partial charge is 0.454 e. The molecule has 0 radical (unpaired) electrons. The van der Waals surface area contributed by atoms with Gasteiger partial charge >= 0.3 is 0 Å². The van der Waals surface area contributed by atoms with Crippen molar-refractivity contribution in [1.29, 1.82) is 0 Å². The third kappa shape index (κ3) is 4.14. The van der Waals surface area contributed by atoms with Crippen LogP contribution in [-0.2, 0) is 14.3 Å². The van der Waals surface area contributed by atoms with Gasteiger partial charge in [0.1, 0.15) is 0 Å². The van der Waals surface area contributed by atoms with E-state index in [4.69, 9.17) is 14.2 Å². The quantitative estimate of drug-likeness (QED) is 0.755. The van der Waals surface area contributed by atoms with Gasteiger partial charge < -0.3 is 24.8 Å². The van der Waals surface area contributed by atoms with Gasteiger partial charge in [0.05, 0.1) is 0 Å². The van der Waals surface area contributed by atoms with E-state index in [0.717, 1.165) is 30.6 Å². The summed E-state index contributed by atoms with van der Waals surface area (Å²) in [5.41, 5.74) is 0.880. The van der Waals surface area contributed by atoms with Crippen molar-refractivity contribution in [2.45, 2.75) is 37.8 Å². The maximum Gasteiger partial charge on any atom is 0.244 e. The van der Waals surface area contributed by atoms with Gasteiger partial charge in [-0.2, -0.15) is 0 Å². The van der Waals surface area contributed by atoms with Crippen LogP contribution < -0.4 is 20.1 Å². The van der Waals surface area contributed by atoms with Gasteiger partial charge in [-0.15, -0.1) is 0 Å². The molecule has 4 unspecified atom stereocenters. The molecule has 2 fully saturated rings. The molecule has 1 saturated carbocycles. The molecule has 2 amide bonds. The van der Waals surface area contributed by atoms with Gasteiger partial charge in [0.25, 0.3) is 0 Å². The van der Waals surface area contributed by atoms with E-state index in [1.165, 1.54) is 6.08 Å². The number of methoxy groups -OCH3 is 1. The first-order valence-corrected chi connectivity index (χ1v) is 9.79. The van der Waals surface area contributed by atoms with Crippen molar-refractivity contribution in [2.24, 2.45) is 11.8 Å². The fourth-order valence-electron chi connectivity index (χ4n) is 4.55. The monoisotopic (exact) mass is 386 g/mol. The topological polar surface area (TPSA) is 85.9 Å². The lowest BCUT2D eigenvalue weighted by Gasteiger charge is -2.43. The van der Waals surface area contributed by atoms with Crippen LogP contribution in [0.25, 0.3) is 6.08 Å². The molecule has 2 aliphatic heterocycles. The molecule has 0 bridgehead atoms. The summed E-state index contributed by atoms with van der Waals surface area (Å²) in [6.45, 7) is 0.846. The van der Waals surface area contributed by atoms with Crippen LogP contribution in [0.3, 0.4) is 0 Å². The normalized spacial score (nSPS) is 28.7. The number of carbonyl (C=O) groups excluding carboxylic acids is 2. The Kier molecular flexibility index (Phi) is 5.52. The smallest absolute Gasteiger partial charge is 0.244 e. The number of fused-ring (bicyclic) bond motifs is 2. The van der Waals surface area contributed by atoms with Crippen molar-refractivity contribution in [3.05, 3.63) is 29.8 Å². The molecular formula is C21H26N2O5. The van der Waals surface area contributed by atoms with Gasteiger partial charge in [-0.3, -0.25) is 9.59 Å². The molecule has 1 aliphatic carbocycles. The summed E-state index contributed by atoms with van der Waals surface area (Å²) in [4.78, 5) is 24.3. The average molecular weight is 386 g/mol. The minimum absolute atomic E-state index is 0.0664. The number of nitrogens with one attached hydrogen (secondary N) is 2. The van der Waals surface area contributed by atoms with Crippen LogP contribution >= 0.6 is 0 Å². The van der Waals surface area contributed by atoms with E-state index >= 15 is 0 Å². The lowest BCUT2D eigenvalue weighted by atomic mass is 9.71. The molecule has 7 nitrogen and oxygen atoms in total. The minimum Gasteiger partial charge on any atom is -0.454 e. The summed E-state index contributed by atoms with van der Waals surface area (Å²) in [6.07, 6.45) is 6.50. The molecule has 150 valence electrons. The second-order valence-electron chi connectivity index (χ2n) is 7.72. The third-order valence-corrected chi connectivity index (χ3v) is 5.85. The molecule has 0 aromatic heterocycles. The van der Waals surface area contributed by atoms with Crippen LogP contribution in [0.5, 0.6) is 11.5 Å². The highest BCUT2D eigenvalue weighted by molar-refractivity contribution is 5.92. The summed E-state index contributed by atoms with van der Waals surface area (Å²) in [5, 5.41) is 6.17. The van der Waals surface area contributed by atoms with Crippen LogP contribution in [-0.4, -0.2) is 44.4 Å². The number of piperidine rings is 1. The Hall–Kier alpha value is -2.54. The van der Waals surface area contributed by atoms with Crippen molar-refractivity contribution in [1.82, 2.24) is 10.6 Å². The number of carbonyl (C=O) groups is 2. The van der Waals surface area contributed by atoms with Crippen LogP contribution in [0.15, 0.2) is 24.3 Å². The zero-order valence-corrected chi connectivity index (χ0v) is 16.0. The minimum atomic E-state index is -0.128. The van der Waals surface area contributed by atoms with E-state index in [-0.39, 0.29) is 36.6 Å². The lowest BCUT2D eigenvalue weighted by Crippen LogP contribution is -2.56. The van der Waals surface area contributed by atoms with Gasteiger partial charge in [0, 0.05) is 38.3 Å². The molecule has 1 saturated heterocycles. The maximum absolute atomic E-state index is 12.3. The molecule has 3 aliphatic rings. The van der Waals surface area contributed by atoms with Gasteiger partial charge in [0.2, 0.25) is 18.6 Å². The molecule has 4 rings (SSSR count). The zero-order valence-electron chi connectivity index (χ0n) is 16.0. The van der Waals surface area contributed by atoms with Crippen LogP contribution in [0, 0.1) is 11.8 Å². The van der Waals surface area contributed by atoms with Crippen LogP contribution in [0.1, 0.15) is 31.2 Å². The number of hydrogen-bond donors (Lipinski definition) is 2. The van der Waals surface area contributed by atoms with Gasteiger partial charge in [0.15, 0.2) is 11.5 Å². The van der Waals surface area contributed by atoms with E-state index in [1.54, 1.807) is 13.2 Å². The fourth-order valence-corrected chi connectivity index (χ4v) is 4.55. The molecule has 1 aromatic carbocycles. The number of benzene rings is 1. The van der Waals surface area contributed by atoms with Crippen LogP contribution in [0.4, 0.5) is 0 Å². The van der Waals surface area contributed by atoms with Crippen molar-refractivity contribution in [2.75, 3.05) is 20.5 Å². The summed E-state index contributed by atoms with van der Waals surface area (Å²) in [7, 11) is 1.68. The molecule has 2 heterocycles. The number of rotatable bonds is 5. The zero-order chi connectivity index (χ0) is 19.5.